The van der Waals surface area contributed by atoms with Crippen LogP contribution in [0.4, 0.5) is 9.52 Å². The Morgan fingerprint density at radius 1 is 1.15 bits per heavy atom. The second kappa shape index (κ2) is 7.05. The molecule has 136 valence electrons. The van der Waals surface area contributed by atoms with Crippen LogP contribution in [0.3, 0.4) is 0 Å². The van der Waals surface area contributed by atoms with Crippen molar-refractivity contribution in [3.63, 3.8) is 0 Å². The van der Waals surface area contributed by atoms with Gasteiger partial charge in [0.05, 0.1) is 22.5 Å². The predicted molar refractivity (Wildman–Crippen MR) is 106 cm³/mol. The Kier molecular flexibility index (Phi) is 4.59. The summed E-state index contributed by atoms with van der Waals surface area (Å²) in [5.74, 6) is -0.113. The zero-order valence-corrected chi connectivity index (χ0v) is 16.1. The molecule has 0 aliphatic heterocycles. The van der Waals surface area contributed by atoms with E-state index in [-0.39, 0.29) is 11.7 Å². The summed E-state index contributed by atoms with van der Waals surface area (Å²) in [6.45, 7) is 1.95. The number of nitrogens with zero attached hydrogens (tertiary/aromatic N) is 2. The van der Waals surface area contributed by atoms with Crippen molar-refractivity contribution < 1.29 is 13.9 Å². The van der Waals surface area contributed by atoms with Crippen LogP contribution in [0.5, 0.6) is 5.75 Å². The normalized spacial score (nSPS) is 10.9. The van der Waals surface area contributed by atoms with E-state index < -0.39 is 0 Å². The third-order valence-corrected chi connectivity index (χ3v) is 5.73. The molecule has 4 rings (SSSR count). The Bertz CT molecular complexity index is 1140. The van der Waals surface area contributed by atoms with Crippen LogP contribution < -0.4 is 10.1 Å². The van der Waals surface area contributed by atoms with Crippen LogP contribution in [0.2, 0.25) is 0 Å². The summed E-state index contributed by atoms with van der Waals surface area (Å²) in [5, 5.41) is 6.19. The molecule has 0 unspecified atom stereocenters. The second-order valence-corrected chi connectivity index (χ2v) is 7.79. The molecule has 0 bridgehead atoms. The maximum Gasteiger partial charge on any atom is 0.257 e. The topological polar surface area (TPSA) is 64.1 Å². The van der Waals surface area contributed by atoms with E-state index in [2.05, 4.69) is 15.3 Å². The molecule has 2 aromatic heterocycles. The standard InChI is InChI=1S/C19H14FN3O2S2/c1-10-21-14(9-26-10)13-7-8-15(25-2)16-17(13)27-19(22-16)23-18(24)11-3-5-12(20)6-4-11/h3-9H,1-2H3,(H,22,23,24). The number of anilines is 1. The number of aryl methyl sites for hydroxylation is 1. The molecule has 5 nitrogen and oxygen atoms in total. The molecule has 0 fully saturated rings. The van der Waals surface area contributed by atoms with Crippen LogP contribution in [0.1, 0.15) is 15.4 Å². The predicted octanol–water partition coefficient (Wildman–Crippen LogP) is 5.13. The highest BCUT2D eigenvalue weighted by atomic mass is 32.1. The Hall–Kier alpha value is -2.84. The number of carbonyl (C=O) groups excluding carboxylic acids is 1. The van der Waals surface area contributed by atoms with Gasteiger partial charge in [-0.15, -0.1) is 11.3 Å². The number of aromatic nitrogens is 2. The van der Waals surface area contributed by atoms with Crippen molar-refractivity contribution in [3.8, 4) is 17.0 Å². The molecule has 0 radical (unpaired) electrons. The zero-order valence-electron chi connectivity index (χ0n) is 14.4. The average molecular weight is 399 g/mol. The fourth-order valence-electron chi connectivity index (χ4n) is 2.66. The van der Waals surface area contributed by atoms with Crippen LogP contribution >= 0.6 is 22.7 Å². The van der Waals surface area contributed by atoms with Gasteiger partial charge in [-0.1, -0.05) is 11.3 Å². The SMILES string of the molecule is COc1ccc(-c2csc(C)n2)c2sc(NC(=O)c3ccc(F)cc3)nc12. The fraction of sp³-hybridized carbons (Fsp3) is 0.105. The molecule has 27 heavy (non-hydrogen) atoms. The van der Waals surface area contributed by atoms with Gasteiger partial charge in [0.25, 0.3) is 5.91 Å². The van der Waals surface area contributed by atoms with Crippen molar-refractivity contribution in [2.24, 2.45) is 0 Å². The number of hydrogen-bond donors (Lipinski definition) is 1. The van der Waals surface area contributed by atoms with E-state index in [0.29, 0.717) is 22.0 Å². The van der Waals surface area contributed by atoms with Gasteiger partial charge >= 0.3 is 0 Å². The van der Waals surface area contributed by atoms with Gasteiger partial charge in [-0.25, -0.2) is 14.4 Å². The lowest BCUT2D eigenvalue weighted by molar-refractivity contribution is 0.102. The van der Waals surface area contributed by atoms with E-state index in [1.54, 1.807) is 18.4 Å². The smallest absolute Gasteiger partial charge is 0.257 e. The number of thiazole rings is 2. The van der Waals surface area contributed by atoms with Gasteiger partial charge in [0.15, 0.2) is 5.13 Å². The first kappa shape index (κ1) is 17.6. The highest BCUT2D eigenvalue weighted by Gasteiger charge is 2.17. The van der Waals surface area contributed by atoms with Crippen molar-refractivity contribution in [2.45, 2.75) is 6.92 Å². The number of nitrogens with one attached hydrogen (secondary N) is 1. The van der Waals surface area contributed by atoms with E-state index in [4.69, 9.17) is 4.74 Å². The summed E-state index contributed by atoms with van der Waals surface area (Å²) < 4.78 is 19.3. The van der Waals surface area contributed by atoms with Crippen molar-refractivity contribution >= 4 is 43.9 Å². The summed E-state index contributed by atoms with van der Waals surface area (Å²) >= 11 is 2.93. The Balaban J connectivity index is 1.74. The molecule has 2 heterocycles. The van der Waals surface area contributed by atoms with E-state index in [1.807, 2.05) is 24.4 Å². The third-order valence-electron chi connectivity index (χ3n) is 3.95. The maximum absolute atomic E-state index is 13.0. The summed E-state index contributed by atoms with van der Waals surface area (Å²) in [5.41, 5.74) is 2.83. The van der Waals surface area contributed by atoms with Gasteiger partial charge in [0.2, 0.25) is 0 Å². The molecule has 4 aromatic rings. The van der Waals surface area contributed by atoms with Gasteiger partial charge in [-0.2, -0.15) is 0 Å². The molecule has 8 heteroatoms. The Morgan fingerprint density at radius 3 is 2.59 bits per heavy atom. The minimum absolute atomic E-state index is 0.348. The van der Waals surface area contributed by atoms with Crippen LogP contribution in [0, 0.1) is 12.7 Å². The van der Waals surface area contributed by atoms with Gasteiger partial charge in [-0.3, -0.25) is 10.1 Å². The summed E-state index contributed by atoms with van der Waals surface area (Å²) in [6, 6.07) is 9.15. The van der Waals surface area contributed by atoms with E-state index in [0.717, 1.165) is 21.0 Å². The maximum atomic E-state index is 13.0. The average Bonchev–Trinajstić information content (AvgIpc) is 3.27. The first-order valence-corrected chi connectivity index (χ1v) is 9.71. The molecular weight excluding hydrogens is 385 g/mol. The molecule has 0 saturated carbocycles. The molecule has 1 amide bonds. The van der Waals surface area contributed by atoms with E-state index >= 15 is 0 Å². The third kappa shape index (κ3) is 3.41. The number of methoxy groups -OCH3 is 1. The molecule has 2 aromatic carbocycles. The fourth-order valence-corrected chi connectivity index (χ4v) is 4.27. The van der Waals surface area contributed by atoms with Gasteiger partial charge in [-0.05, 0) is 43.3 Å². The number of carbonyl (C=O) groups is 1. The van der Waals surface area contributed by atoms with Crippen molar-refractivity contribution in [1.29, 1.82) is 0 Å². The van der Waals surface area contributed by atoms with Crippen LogP contribution in [0.25, 0.3) is 21.5 Å². The van der Waals surface area contributed by atoms with Gasteiger partial charge in [0, 0.05) is 16.5 Å². The largest absolute Gasteiger partial charge is 0.494 e. The first-order chi connectivity index (χ1) is 13.0. The number of amides is 1. The van der Waals surface area contributed by atoms with Crippen molar-refractivity contribution in [2.75, 3.05) is 12.4 Å². The summed E-state index contributed by atoms with van der Waals surface area (Å²) in [4.78, 5) is 21.5. The highest BCUT2D eigenvalue weighted by molar-refractivity contribution is 7.23. The highest BCUT2D eigenvalue weighted by Crippen LogP contribution is 2.39. The Morgan fingerprint density at radius 2 is 1.93 bits per heavy atom. The minimum Gasteiger partial charge on any atom is -0.494 e. The Labute approximate surface area is 162 Å². The molecule has 0 saturated heterocycles. The lowest BCUT2D eigenvalue weighted by Crippen LogP contribution is -2.11. The monoisotopic (exact) mass is 399 g/mol. The summed E-state index contributed by atoms with van der Waals surface area (Å²) in [6.07, 6.45) is 0. The van der Waals surface area contributed by atoms with Crippen molar-refractivity contribution in [1.82, 2.24) is 9.97 Å². The van der Waals surface area contributed by atoms with Crippen LogP contribution in [-0.2, 0) is 0 Å². The molecule has 0 spiro atoms. The van der Waals surface area contributed by atoms with Crippen LogP contribution in [0.15, 0.2) is 41.8 Å². The summed E-state index contributed by atoms with van der Waals surface area (Å²) in [7, 11) is 1.58. The van der Waals surface area contributed by atoms with E-state index in [9.17, 15) is 9.18 Å². The number of halogens is 1. The minimum atomic E-state index is -0.389. The molecule has 0 aliphatic carbocycles. The van der Waals surface area contributed by atoms with E-state index in [1.165, 1.54) is 35.6 Å². The van der Waals surface area contributed by atoms with Crippen LogP contribution in [-0.4, -0.2) is 23.0 Å². The lowest BCUT2D eigenvalue weighted by Gasteiger charge is -2.03. The van der Waals surface area contributed by atoms with Gasteiger partial charge < -0.3 is 4.74 Å². The number of benzene rings is 2. The number of hydrogen-bond acceptors (Lipinski definition) is 6. The number of rotatable bonds is 4. The molecule has 0 aliphatic rings. The second-order valence-electron chi connectivity index (χ2n) is 5.72. The number of ether oxygens (including phenoxy) is 1. The molecule has 0 atom stereocenters. The molecular formula is C19H14FN3O2S2. The zero-order chi connectivity index (χ0) is 19.0. The lowest BCUT2D eigenvalue weighted by atomic mass is 10.1. The van der Waals surface area contributed by atoms with Crippen molar-refractivity contribution in [3.05, 3.63) is 58.2 Å². The molecule has 1 N–H and O–H groups in total. The van der Waals surface area contributed by atoms with Gasteiger partial charge in [0.1, 0.15) is 17.1 Å². The quantitative estimate of drug-likeness (QED) is 0.517. The number of fused-ring (bicyclic) bond motifs is 1. The first-order valence-electron chi connectivity index (χ1n) is 8.02.